The summed E-state index contributed by atoms with van der Waals surface area (Å²) >= 11 is 0. The molecule has 2 atom stereocenters. The van der Waals surface area contributed by atoms with E-state index in [0.717, 1.165) is 23.2 Å². The molecule has 1 heterocycles. The fourth-order valence-electron chi connectivity index (χ4n) is 4.38. The van der Waals surface area contributed by atoms with Crippen LogP contribution in [0.15, 0.2) is 36.4 Å². The average Bonchev–Trinajstić information content (AvgIpc) is 3.25. The first kappa shape index (κ1) is 28.0. The summed E-state index contributed by atoms with van der Waals surface area (Å²) in [6.45, 7) is 12.2. The van der Waals surface area contributed by atoms with Crippen LogP contribution in [0.2, 0.25) is 0 Å². The van der Waals surface area contributed by atoms with E-state index >= 15 is 0 Å². The molecular formula is C29H37N3O5. The number of ether oxygens (including phenoxy) is 3. The number of hydrogen-bond donors (Lipinski definition) is 1. The molecule has 37 heavy (non-hydrogen) atoms. The number of esters is 1. The van der Waals surface area contributed by atoms with E-state index in [4.69, 9.17) is 14.2 Å². The Kier molecular flexibility index (Phi) is 9.17. The first-order valence-electron chi connectivity index (χ1n) is 12.7. The molecule has 0 saturated carbocycles. The first-order valence-corrected chi connectivity index (χ1v) is 12.7. The van der Waals surface area contributed by atoms with E-state index in [1.807, 2.05) is 52.8 Å². The number of hydrogen-bond acceptors (Lipinski definition) is 7. The molecule has 198 valence electrons. The van der Waals surface area contributed by atoms with Crippen LogP contribution in [0.3, 0.4) is 0 Å². The summed E-state index contributed by atoms with van der Waals surface area (Å²) in [6.07, 6.45) is 0.480. The molecule has 0 aliphatic carbocycles. The minimum Gasteiger partial charge on any atom is -0.490 e. The number of para-hydroxylation sites is 2. The Hall–Kier alpha value is -3.57. The molecule has 3 rings (SSSR count). The number of nitriles is 1. The lowest BCUT2D eigenvalue weighted by Gasteiger charge is -2.26. The van der Waals surface area contributed by atoms with Gasteiger partial charge in [0, 0.05) is 26.1 Å². The van der Waals surface area contributed by atoms with E-state index in [2.05, 4.69) is 17.5 Å². The van der Waals surface area contributed by atoms with Crippen molar-refractivity contribution in [1.82, 2.24) is 5.32 Å². The third kappa shape index (κ3) is 7.46. The van der Waals surface area contributed by atoms with Crippen LogP contribution in [-0.2, 0) is 27.2 Å². The smallest absolute Gasteiger partial charge is 0.349 e. The van der Waals surface area contributed by atoms with Gasteiger partial charge < -0.3 is 24.4 Å². The SMILES string of the molecule is CCOc1ccccc1OC(CNC(C)Cc1cc(C#N)c2c(c1)CCN2C(C)=O)C(=O)OC(C)(C)C. The second kappa shape index (κ2) is 12.1. The molecule has 8 heteroatoms. The molecule has 0 spiro atoms. The van der Waals surface area contributed by atoms with E-state index in [-0.39, 0.29) is 18.5 Å². The maximum Gasteiger partial charge on any atom is 0.349 e. The molecule has 0 fully saturated rings. The molecule has 2 aromatic carbocycles. The van der Waals surface area contributed by atoms with E-state index in [9.17, 15) is 14.9 Å². The predicted octanol–water partition coefficient (Wildman–Crippen LogP) is 4.18. The molecular weight excluding hydrogens is 470 g/mol. The van der Waals surface area contributed by atoms with Crippen molar-refractivity contribution in [3.05, 3.63) is 53.1 Å². The highest BCUT2D eigenvalue weighted by molar-refractivity contribution is 5.95. The average molecular weight is 508 g/mol. The van der Waals surface area contributed by atoms with Crippen molar-refractivity contribution in [2.45, 2.75) is 72.1 Å². The van der Waals surface area contributed by atoms with Gasteiger partial charge in [0.25, 0.3) is 0 Å². The topological polar surface area (TPSA) is 101 Å². The lowest BCUT2D eigenvalue weighted by Crippen LogP contribution is -2.44. The minimum absolute atomic E-state index is 0.0226. The van der Waals surface area contributed by atoms with Crippen molar-refractivity contribution >= 4 is 17.6 Å². The maximum atomic E-state index is 13.0. The van der Waals surface area contributed by atoms with Crippen molar-refractivity contribution < 1.29 is 23.8 Å². The van der Waals surface area contributed by atoms with Crippen LogP contribution >= 0.6 is 0 Å². The van der Waals surface area contributed by atoms with E-state index in [0.29, 0.717) is 36.6 Å². The van der Waals surface area contributed by atoms with Crippen LogP contribution in [-0.4, -0.2) is 49.3 Å². The van der Waals surface area contributed by atoms with Crippen LogP contribution in [0, 0.1) is 11.3 Å². The Bertz CT molecular complexity index is 1170. The fourth-order valence-corrected chi connectivity index (χ4v) is 4.38. The number of benzene rings is 2. The maximum absolute atomic E-state index is 13.0. The molecule has 0 aromatic heterocycles. The molecule has 1 aliphatic heterocycles. The summed E-state index contributed by atoms with van der Waals surface area (Å²) in [5, 5.41) is 13.1. The molecule has 1 aliphatic rings. The molecule has 8 nitrogen and oxygen atoms in total. The van der Waals surface area contributed by atoms with Crippen LogP contribution in [0.4, 0.5) is 5.69 Å². The van der Waals surface area contributed by atoms with E-state index < -0.39 is 17.7 Å². The minimum atomic E-state index is -0.887. The highest BCUT2D eigenvalue weighted by atomic mass is 16.6. The van der Waals surface area contributed by atoms with Gasteiger partial charge in [-0.25, -0.2) is 4.79 Å². The van der Waals surface area contributed by atoms with Gasteiger partial charge in [0.15, 0.2) is 11.5 Å². The zero-order chi connectivity index (χ0) is 27.2. The third-order valence-corrected chi connectivity index (χ3v) is 5.91. The van der Waals surface area contributed by atoms with Crippen molar-refractivity contribution in [3.8, 4) is 17.6 Å². The lowest BCUT2D eigenvalue weighted by molar-refractivity contribution is -0.163. The standard InChI is InChI=1S/C29H37N3O5/c1-7-35-24-10-8-9-11-25(24)36-26(28(34)37-29(4,5)6)18-31-19(2)14-21-15-22-12-13-32(20(3)33)27(22)23(16-21)17-30/h8-11,15-16,19,26,31H,7,12-14,18H2,1-6H3. The van der Waals surface area contributed by atoms with Gasteiger partial charge in [-0.1, -0.05) is 18.2 Å². The molecule has 2 aromatic rings. The number of rotatable bonds is 10. The Morgan fingerprint density at radius 3 is 2.51 bits per heavy atom. The van der Waals surface area contributed by atoms with Gasteiger partial charge in [-0.2, -0.15) is 5.26 Å². The summed E-state index contributed by atoms with van der Waals surface area (Å²) in [5.74, 6) is 0.514. The molecule has 0 saturated heterocycles. The van der Waals surface area contributed by atoms with Crippen molar-refractivity contribution in [2.24, 2.45) is 0 Å². The van der Waals surface area contributed by atoms with Gasteiger partial charge in [0.1, 0.15) is 11.7 Å². The zero-order valence-electron chi connectivity index (χ0n) is 22.6. The van der Waals surface area contributed by atoms with Gasteiger partial charge in [-0.05, 0) is 76.8 Å². The van der Waals surface area contributed by atoms with Crippen LogP contribution in [0.5, 0.6) is 11.5 Å². The van der Waals surface area contributed by atoms with Crippen molar-refractivity contribution in [2.75, 3.05) is 24.6 Å². The van der Waals surface area contributed by atoms with E-state index in [1.54, 1.807) is 17.0 Å². The van der Waals surface area contributed by atoms with Crippen molar-refractivity contribution in [1.29, 1.82) is 5.26 Å². The summed E-state index contributed by atoms with van der Waals surface area (Å²) in [5.41, 5.74) is 2.59. The summed E-state index contributed by atoms with van der Waals surface area (Å²) in [6, 6.07) is 13.4. The van der Waals surface area contributed by atoms with Crippen LogP contribution < -0.4 is 19.7 Å². The summed E-state index contributed by atoms with van der Waals surface area (Å²) < 4.78 is 17.4. The third-order valence-electron chi connectivity index (χ3n) is 5.91. The number of nitrogens with zero attached hydrogens (tertiary/aromatic N) is 2. The molecule has 1 N–H and O–H groups in total. The summed E-state index contributed by atoms with van der Waals surface area (Å²) in [7, 11) is 0. The summed E-state index contributed by atoms with van der Waals surface area (Å²) in [4.78, 5) is 26.6. The number of fused-ring (bicyclic) bond motifs is 1. The van der Waals surface area contributed by atoms with Gasteiger partial charge in [-0.3, -0.25) is 4.79 Å². The predicted molar refractivity (Wildman–Crippen MR) is 142 cm³/mol. The van der Waals surface area contributed by atoms with Crippen LogP contribution in [0.1, 0.15) is 58.2 Å². The Morgan fingerprint density at radius 1 is 1.19 bits per heavy atom. The van der Waals surface area contributed by atoms with Gasteiger partial charge in [-0.15, -0.1) is 0 Å². The molecule has 1 amide bonds. The Balaban J connectivity index is 1.73. The largest absolute Gasteiger partial charge is 0.490 e. The molecule has 0 bridgehead atoms. The quantitative estimate of drug-likeness (QED) is 0.482. The number of carbonyl (C=O) groups excluding carboxylic acids is 2. The molecule has 2 unspecified atom stereocenters. The number of anilines is 1. The number of amides is 1. The van der Waals surface area contributed by atoms with Gasteiger partial charge >= 0.3 is 5.97 Å². The highest BCUT2D eigenvalue weighted by Crippen LogP contribution is 2.33. The number of nitrogens with one attached hydrogen (secondary N) is 1. The van der Waals surface area contributed by atoms with Crippen molar-refractivity contribution in [3.63, 3.8) is 0 Å². The molecule has 0 radical (unpaired) electrons. The van der Waals surface area contributed by atoms with Gasteiger partial charge in [0.2, 0.25) is 12.0 Å². The highest BCUT2D eigenvalue weighted by Gasteiger charge is 2.29. The van der Waals surface area contributed by atoms with Gasteiger partial charge in [0.05, 0.1) is 17.9 Å². The Morgan fingerprint density at radius 2 is 1.89 bits per heavy atom. The normalized spacial score (nSPS) is 14.4. The van der Waals surface area contributed by atoms with Crippen LogP contribution in [0.25, 0.3) is 0 Å². The first-order chi connectivity index (χ1) is 17.5. The zero-order valence-corrected chi connectivity index (χ0v) is 22.6. The van der Waals surface area contributed by atoms with E-state index in [1.165, 1.54) is 6.92 Å². The second-order valence-electron chi connectivity index (χ2n) is 10.2. The number of carbonyl (C=O) groups is 2. The Labute approximate surface area is 219 Å². The monoisotopic (exact) mass is 507 g/mol. The fraction of sp³-hybridized carbons (Fsp3) is 0.483. The lowest BCUT2D eigenvalue weighted by atomic mass is 9.99. The second-order valence-corrected chi connectivity index (χ2v) is 10.2.